The van der Waals surface area contributed by atoms with Crippen LogP contribution in [0.5, 0.6) is 5.75 Å². The van der Waals surface area contributed by atoms with Gasteiger partial charge in [-0.25, -0.2) is 0 Å². The van der Waals surface area contributed by atoms with E-state index in [-0.39, 0.29) is 11.9 Å². The van der Waals surface area contributed by atoms with Crippen molar-refractivity contribution in [3.8, 4) is 5.75 Å². The Bertz CT molecular complexity index is 717. The van der Waals surface area contributed by atoms with Gasteiger partial charge in [-0.05, 0) is 47.8 Å². The van der Waals surface area contributed by atoms with E-state index in [1.807, 2.05) is 0 Å². The topological polar surface area (TPSA) is 65.2 Å². The van der Waals surface area contributed by atoms with Gasteiger partial charge in [0.05, 0.1) is 10.0 Å². The SMILES string of the molecule is Cc1noc(CCCC2CC(=O)c3cc(Cl)cc(Br)c3O2)n1. The van der Waals surface area contributed by atoms with Crippen LogP contribution in [0.15, 0.2) is 21.1 Å². The summed E-state index contributed by atoms with van der Waals surface area (Å²) in [6, 6.07) is 3.39. The van der Waals surface area contributed by atoms with Crippen LogP contribution in [-0.2, 0) is 6.42 Å². The second-order valence-corrected chi connectivity index (χ2v) is 6.55. The molecule has 1 aromatic carbocycles. The van der Waals surface area contributed by atoms with E-state index in [9.17, 15) is 4.79 Å². The maximum atomic E-state index is 12.2. The number of hydrogen-bond donors (Lipinski definition) is 0. The number of aromatic nitrogens is 2. The van der Waals surface area contributed by atoms with Gasteiger partial charge >= 0.3 is 0 Å². The van der Waals surface area contributed by atoms with Crippen molar-refractivity contribution in [2.24, 2.45) is 0 Å². The Kier molecular flexibility index (Phi) is 4.49. The largest absolute Gasteiger partial charge is 0.488 e. The molecule has 0 aliphatic carbocycles. The van der Waals surface area contributed by atoms with Crippen molar-refractivity contribution in [3.63, 3.8) is 0 Å². The molecule has 5 nitrogen and oxygen atoms in total. The molecule has 0 fully saturated rings. The van der Waals surface area contributed by atoms with E-state index >= 15 is 0 Å². The summed E-state index contributed by atoms with van der Waals surface area (Å²) in [5.41, 5.74) is 0.545. The van der Waals surface area contributed by atoms with Gasteiger partial charge in [-0.1, -0.05) is 16.8 Å². The van der Waals surface area contributed by atoms with E-state index in [0.717, 1.165) is 12.8 Å². The van der Waals surface area contributed by atoms with Gasteiger partial charge in [0, 0.05) is 17.9 Å². The Labute approximate surface area is 141 Å². The van der Waals surface area contributed by atoms with Gasteiger partial charge < -0.3 is 9.26 Å². The molecular formula is C15H14BrClN2O3. The molecule has 0 saturated carbocycles. The number of aryl methyl sites for hydroxylation is 2. The quantitative estimate of drug-likeness (QED) is 0.791. The Morgan fingerprint density at radius 1 is 1.45 bits per heavy atom. The Balaban J connectivity index is 1.64. The molecule has 2 heterocycles. The summed E-state index contributed by atoms with van der Waals surface area (Å²) in [5.74, 6) is 1.89. The van der Waals surface area contributed by atoms with E-state index in [0.29, 0.717) is 45.4 Å². The molecule has 22 heavy (non-hydrogen) atoms. The third-order valence-electron chi connectivity index (χ3n) is 3.49. The Morgan fingerprint density at radius 2 is 2.27 bits per heavy atom. The second kappa shape index (κ2) is 6.38. The van der Waals surface area contributed by atoms with Crippen LogP contribution in [-0.4, -0.2) is 22.0 Å². The molecule has 0 N–H and O–H groups in total. The first-order valence-corrected chi connectivity index (χ1v) is 8.18. The predicted octanol–water partition coefficient (Wildman–Crippen LogP) is 4.15. The molecule has 7 heteroatoms. The molecule has 1 unspecified atom stereocenters. The molecule has 1 aliphatic heterocycles. The smallest absolute Gasteiger partial charge is 0.226 e. The maximum absolute atomic E-state index is 12.2. The average molecular weight is 386 g/mol. The minimum absolute atomic E-state index is 0.0584. The summed E-state index contributed by atoms with van der Waals surface area (Å²) < 4.78 is 11.7. The summed E-state index contributed by atoms with van der Waals surface area (Å²) in [6.45, 7) is 1.79. The fourth-order valence-corrected chi connectivity index (χ4v) is 3.40. The first kappa shape index (κ1) is 15.5. The van der Waals surface area contributed by atoms with Gasteiger partial charge in [-0.15, -0.1) is 0 Å². The zero-order valence-corrected chi connectivity index (χ0v) is 14.3. The number of hydrogen-bond acceptors (Lipinski definition) is 5. The summed E-state index contributed by atoms with van der Waals surface area (Å²) >= 11 is 9.38. The van der Waals surface area contributed by atoms with E-state index in [1.165, 1.54) is 0 Å². The average Bonchev–Trinajstić information content (AvgIpc) is 2.86. The van der Waals surface area contributed by atoms with Crippen molar-refractivity contribution in [2.75, 3.05) is 0 Å². The predicted molar refractivity (Wildman–Crippen MR) is 84.5 cm³/mol. The number of ether oxygens (including phenoxy) is 1. The van der Waals surface area contributed by atoms with E-state index in [2.05, 4.69) is 26.1 Å². The molecule has 1 aliphatic rings. The van der Waals surface area contributed by atoms with Crippen LogP contribution in [0.4, 0.5) is 0 Å². The van der Waals surface area contributed by atoms with E-state index in [4.69, 9.17) is 20.9 Å². The fourth-order valence-electron chi connectivity index (χ4n) is 2.50. The first-order valence-electron chi connectivity index (χ1n) is 7.01. The summed E-state index contributed by atoms with van der Waals surface area (Å²) in [7, 11) is 0. The number of ketones is 1. The molecule has 1 aromatic heterocycles. The summed E-state index contributed by atoms with van der Waals surface area (Å²) in [4.78, 5) is 16.4. The highest BCUT2D eigenvalue weighted by Gasteiger charge is 2.28. The number of halogens is 2. The number of fused-ring (bicyclic) bond motifs is 1. The molecule has 116 valence electrons. The molecule has 0 radical (unpaired) electrons. The lowest BCUT2D eigenvalue weighted by molar-refractivity contribution is 0.0833. The molecule has 3 rings (SSSR count). The van der Waals surface area contributed by atoms with Crippen LogP contribution >= 0.6 is 27.5 Å². The van der Waals surface area contributed by atoms with Crippen molar-refractivity contribution in [1.82, 2.24) is 10.1 Å². The van der Waals surface area contributed by atoms with Crippen LogP contribution in [0.3, 0.4) is 0 Å². The van der Waals surface area contributed by atoms with Gasteiger partial charge in [0.2, 0.25) is 5.89 Å². The van der Waals surface area contributed by atoms with Crippen LogP contribution < -0.4 is 4.74 Å². The van der Waals surface area contributed by atoms with Crippen molar-refractivity contribution in [2.45, 2.75) is 38.7 Å². The standard InChI is InChI=1S/C15H14BrClN2O3/c1-8-18-14(22-19-8)4-2-3-10-7-13(20)11-5-9(17)6-12(16)15(11)21-10/h5-6,10H,2-4,7H2,1H3. The van der Waals surface area contributed by atoms with E-state index in [1.54, 1.807) is 19.1 Å². The highest BCUT2D eigenvalue weighted by atomic mass is 79.9. The number of benzene rings is 1. The van der Waals surface area contributed by atoms with Crippen molar-refractivity contribution in [3.05, 3.63) is 38.9 Å². The van der Waals surface area contributed by atoms with Crippen molar-refractivity contribution >= 4 is 33.3 Å². The Morgan fingerprint density at radius 3 is 3.00 bits per heavy atom. The molecule has 2 aromatic rings. The number of carbonyl (C=O) groups is 1. The fraction of sp³-hybridized carbons (Fsp3) is 0.400. The normalized spacial score (nSPS) is 17.2. The van der Waals surface area contributed by atoms with Gasteiger partial charge in [0.25, 0.3) is 0 Å². The maximum Gasteiger partial charge on any atom is 0.226 e. The van der Waals surface area contributed by atoms with Gasteiger partial charge in [-0.2, -0.15) is 4.98 Å². The first-order chi connectivity index (χ1) is 10.5. The third kappa shape index (κ3) is 3.33. The lowest BCUT2D eigenvalue weighted by atomic mass is 9.98. The number of Topliss-reactive ketones (excluding diaryl/α,β-unsaturated/α-hetero) is 1. The third-order valence-corrected chi connectivity index (χ3v) is 4.30. The zero-order chi connectivity index (χ0) is 15.7. The minimum atomic E-state index is -0.138. The highest BCUT2D eigenvalue weighted by Crippen LogP contribution is 2.38. The molecular weight excluding hydrogens is 372 g/mol. The molecule has 0 amide bonds. The second-order valence-electron chi connectivity index (χ2n) is 5.26. The lowest BCUT2D eigenvalue weighted by Crippen LogP contribution is -2.27. The lowest BCUT2D eigenvalue weighted by Gasteiger charge is -2.26. The van der Waals surface area contributed by atoms with Gasteiger partial charge in [0.15, 0.2) is 11.6 Å². The molecule has 0 spiro atoms. The summed E-state index contributed by atoms with van der Waals surface area (Å²) in [6.07, 6.45) is 2.48. The van der Waals surface area contributed by atoms with Crippen LogP contribution in [0.25, 0.3) is 0 Å². The van der Waals surface area contributed by atoms with Crippen LogP contribution in [0.2, 0.25) is 5.02 Å². The Hall–Kier alpha value is -1.40. The van der Waals surface area contributed by atoms with Crippen molar-refractivity contribution in [1.29, 1.82) is 0 Å². The van der Waals surface area contributed by atoms with Gasteiger partial charge in [0.1, 0.15) is 11.9 Å². The van der Waals surface area contributed by atoms with Crippen molar-refractivity contribution < 1.29 is 14.1 Å². The number of nitrogens with zero attached hydrogens (tertiary/aromatic N) is 2. The monoisotopic (exact) mass is 384 g/mol. The molecule has 0 bridgehead atoms. The highest BCUT2D eigenvalue weighted by molar-refractivity contribution is 9.10. The zero-order valence-electron chi connectivity index (χ0n) is 11.9. The number of rotatable bonds is 4. The van der Waals surface area contributed by atoms with E-state index < -0.39 is 0 Å². The molecule has 1 atom stereocenters. The summed E-state index contributed by atoms with van der Waals surface area (Å²) in [5, 5.41) is 4.27. The molecule has 0 saturated heterocycles. The van der Waals surface area contributed by atoms with Crippen LogP contribution in [0.1, 0.15) is 41.3 Å². The van der Waals surface area contributed by atoms with Crippen LogP contribution in [0, 0.1) is 6.92 Å². The van der Waals surface area contributed by atoms with Gasteiger partial charge in [-0.3, -0.25) is 4.79 Å². The number of carbonyl (C=O) groups excluding carboxylic acids is 1. The minimum Gasteiger partial charge on any atom is -0.488 e.